The molecule has 0 atom stereocenters. The molecule has 0 amide bonds. The van der Waals surface area contributed by atoms with Gasteiger partial charge in [0.25, 0.3) is 0 Å². The van der Waals surface area contributed by atoms with E-state index in [1.54, 1.807) is 18.4 Å². The van der Waals surface area contributed by atoms with Crippen LogP contribution in [0, 0.1) is 11.2 Å². The first-order valence-corrected chi connectivity index (χ1v) is 9.97. The summed E-state index contributed by atoms with van der Waals surface area (Å²) >= 11 is 0. The molecule has 3 rings (SSSR count). The van der Waals surface area contributed by atoms with E-state index in [-0.39, 0.29) is 11.2 Å². The molecule has 0 radical (unpaired) electrons. The lowest BCUT2D eigenvalue weighted by molar-refractivity contribution is 0.241. The van der Waals surface area contributed by atoms with Gasteiger partial charge in [-0.15, -0.1) is 0 Å². The van der Waals surface area contributed by atoms with E-state index in [1.165, 1.54) is 12.1 Å². The van der Waals surface area contributed by atoms with Gasteiger partial charge < -0.3 is 24.6 Å². The Morgan fingerprint density at radius 3 is 2.70 bits per heavy atom. The highest BCUT2D eigenvalue weighted by Crippen LogP contribution is 2.26. The Kier molecular flexibility index (Phi) is 6.66. The topological polar surface area (TPSA) is 73.5 Å². The second-order valence-electron chi connectivity index (χ2n) is 8.53. The summed E-state index contributed by atoms with van der Waals surface area (Å²) < 4.78 is 20.8. The highest BCUT2D eigenvalue weighted by molar-refractivity contribution is 5.92. The van der Waals surface area contributed by atoms with E-state index in [2.05, 4.69) is 53.6 Å². The minimum atomic E-state index is -0.282. The van der Waals surface area contributed by atoms with E-state index in [9.17, 15) is 4.39 Å². The fourth-order valence-electron chi connectivity index (χ4n) is 3.59. The van der Waals surface area contributed by atoms with Gasteiger partial charge in [0, 0.05) is 31.9 Å². The van der Waals surface area contributed by atoms with E-state index >= 15 is 0 Å². The van der Waals surface area contributed by atoms with Crippen LogP contribution < -0.4 is 10.6 Å². The Morgan fingerprint density at radius 1 is 1.27 bits per heavy atom. The van der Waals surface area contributed by atoms with Crippen molar-refractivity contribution in [3.63, 3.8) is 0 Å². The number of rotatable bonds is 6. The Labute approximate surface area is 177 Å². The van der Waals surface area contributed by atoms with Gasteiger partial charge in [-0.1, -0.05) is 13.8 Å². The van der Waals surface area contributed by atoms with Crippen molar-refractivity contribution >= 4 is 11.7 Å². The molecule has 3 N–H and O–H groups in total. The lowest BCUT2D eigenvalue weighted by Gasteiger charge is -2.30. The smallest absolute Gasteiger partial charge is 0.196 e. The van der Waals surface area contributed by atoms with Crippen LogP contribution in [-0.2, 0) is 7.05 Å². The van der Waals surface area contributed by atoms with Crippen LogP contribution in [-0.4, -0.2) is 54.3 Å². The number of halogens is 1. The maximum Gasteiger partial charge on any atom is 0.196 e. The lowest BCUT2D eigenvalue weighted by atomic mass is 9.93. The Balaban J connectivity index is 1.85. The predicted molar refractivity (Wildman–Crippen MR) is 119 cm³/mol. The molecule has 7 nitrogen and oxygen atoms in total. The molecule has 1 aliphatic heterocycles. The molecule has 2 aromatic rings. The van der Waals surface area contributed by atoms with Crippen LogP contribution in [0.1, 0.15) is 19.5 Å². The number of aryl methyl sites for hydroxylation is 1. The molecule has 0 unspecified atom stereocenters. The van der Waals surface area contributed by atoms with Gasteiger partial charge in [0.2, 0.25) is 0 Å². The molecule has 2 heterocycles. The van der Waals surface area contributed by atoms with E-state index < -0.39 is 0 Å². The molecule has 0 bridgehead atoms. The third-order valence-corrected chi connectivity index (χ3v) is 4.77. The summed E-state index contributed by atoms with van der Waals surface area (Å²) in [6, 6.07) is 6.31. The van der Waals surface area contributed by atoms with Gasteiger partial charge >= 0.3 is 0 Å². The first-order valence-electron chi connectivity index (χ1n) is 9.97. The van der Waals surface area contributed by atoms with Crippen LogP contribution in [0.25, 0.3) is 17.0 Å². The summed E-state index contributed by atoms with van der Waals surface area (Å²) in [4.78, 5) is 6.74. The van der Waals surface area contributed by atoms with Gasteiger partial charge in [0.15, 0.2) is 5.96 Å². The monoisotopic (exact) mass is 414 g/mol. The van der Waals surface area contributed by atoms with Crippen molar-refractivity contribution in [2.24, 2.45) is 17.5 Å². The average Bonchev–Trinajstić information content (AvgIpc) is 2.88. The number of nitrogens with one attached hydrogen (secondary N) is 3. The van der Waals surface area contributed by atoms with Gasteiger partial charge in [-0.25, -0.2) is 14.5 Å². The Bertz CT molecular complexity index is 960. The van der Waals surface area contributed by atoms with Gasteiger partial charge in [0.1, 0.15) is 17.8 Å². The molecular weight excluding hydrogens is 383 g/mol. The zero-order valence-corrected chi connectivity index (χ0v) is 18.3. The van der Waals surface area contributed by atoms with E-state index in [4.69, 9.17) is 4.52 Å². The highest BCUT2D eigenvalue weighted by Gasteiger charge is 2.21. The third kappa shape index (κ3) is 5.54. The first-order chi connectivity index (χ1) is 14.2. The highest BCUT2D eigenvalue weighted by atomic mass is 19.1. The molecule has 1 aromatic carbocycles. The normalized spacial score (nSPS) is 14.1. The van der Waals surface area contributed by atoms with Crippen molar-refractivity contribution in [2.75, 3.05) is 33.7 Å². The second-order valence-corrected chi connectivity index (χ2v) is 8.53. The maximum absolute atomic E-state index is 13.4. The number of aromatic amines is 1. The van der Waals surface area contributed by atoms with Gasteiger partial charge in [-0.05, 0) is 49.9 Å². The minimum Gasteiger partial charge on any atom is -0.388 e. The van der Waals surface area contributed by atoms with Crippen molar-refractivity contribution < 1.29 is 8.91 Å². The van der Waals surface area contributed by atoms with E-state index in [1.807, 2.05) is 23.9 Å². The largest absolute Gasteiger partial charge is 0.388 e. The van der Waals surface area contributed by atoms with Crippen LogP contribution in [0.2, 0.25) is 0 Å². The number of aliphatic imine (C=N–C) groups is 1. The summed E-state index contributed by atoms with van der Waals surface area (Å²) in [5.74, 6) is 0.448. The van der Waals surface area contributed by atoms with Crippen molar-refractivity contribution in [2.45, 2.75) is 13.8 Å². The van der Waals surface area contributed by atoms with Crippen molar-refractivity contribution in [3.8, 4) is 11.3 Å². The molecule has 0 fully saturated rings. The van der Waals surface area contributed by atoms with Crippen molar-refractivity contribution in [1.29, 1.82) is 0 Å². The fraction of sp³-hybridized carbons (Fsp3) is 0.409. The summed E-state index contributed by atoms with van der Waals surface area (Å²) in [6.45, 7) is 6.74. The van der Waals surface area contributed by atoms with E-state index in [0.29, 0.717) is 6.54 Å². The predicted octanol–water partition coefficient (Wildman–Crippen LogP) is 3.35. The standard InChI is InChI=1S/C22H31FN6O/c1-22(2,15-28(3)4)14-25-21-24-11-10-18(26-21)20-19(27-30-13-12-29(20)5)16-6-8-17(23)9-7-16/h6-10,12-13,27H,11,14-15H2,1-5H3,(H2,24,25,26). The quantitative estimate of drug-likeness (QED) is 0.678. The number of H-pyrrole nitrogens is 1. The van der Waals surface area contributed by atoms with Crippen LogP contribution in [0.3, 0.4) is 0 Å². The summed E-state index contributed by atoms with van der Waals surface area (Å²) in [7, 11) is 6.09. The number of guanidine groups is 1. The van der Waals surface area contributed by atoms with Crippen LogP contribution in [0.15, 0.2) is 52.3 Å². The van der Waals surface area contributed by atoms with Crippen molar-refractivity contribution in [3.05, 3.63) is 54.3 Å². The zero-order chi connectivity index (χ0) is 21.7. The number of aromatic nitrogens is 2. The molecule has 0 saturated carbocycles. The Hall–Kier alpha value is -3.00. The van der Waals surface area contributed by atoms with Crippen LogP contribution in [0.4, 0.5) is 4.39 Å². The number of hydrogen-bond donors (Lipinski definition) is 3. The first kappa shape index (κ1) is 21.7. The molecule has 0 aliphatic carbocycles. The fourth-order valence-corrected chi connectivity index (χ4v) is 3.59. The molecule has 1 aliphatic rings. The molecule has 0 spiro atoms. The molecule has 1 aromatic heterocycles. The molecule has 8 heteroatoms. The molecule has 162 valence electrons. The molecular formula is C22H31FN6O. The van der Waals surface area contributed by atoms with Crippen LogP contribution in [0.5, 0.6) is 0 Å². The zero-order valence-electron chi connectivity index (χ0n) is 18.3. The number of benzene rings is 1. The van der Waals surface area contributed by atoms with Gasteiger partial charge in [-0.3, -0.25) is 0 Å². The molecule has 30 heavy (non-hydrogen) atoms. The lowest BCUT2D eigenvalue weighted by Crippen LogP contribution is -2.45. The third-order valence-electron chi connectivity index (χ3n) is 4.77. The van der Waals surface area contributed by atoms with Gasteiger partial charge in [0.05, 0.1) is 17.9 Å². The van der Waals surface area contributed by atoms with Crippen molar-refractivity contribution in [1.82, 2.24) is 25.3 Å². The SMILES string of the molecule is CN(C)CC(C)(C)CNC1=NCC=C(c2c(-c3ccc(F)cc3)[nH]occn2C)N1. The van der Waals surface area contributed by atoms with Crippen LogP contribution >= 0.6 is 0 Å². The number of hydrogen-bond acceptors (Lipinski definition) is 5. The van der Waals surface area contributed by atoms with Gasteiger partial charge in [-0.2, -0.15) is 0 Å². The average molecular weight is 415 g/mol. The Morgan fingerprint density at radius 2 is 2.00 bits per heavy atom. The number of nitrogens with zero attached hydrogens (tertiary/aromatic N) is 3. The summed E-state index contributed by atoms with van der Waals surface area (Å²) in [5.41, 5.74) is 3.40. The summed E-state index contributed by atoms with van der Waals surface area (Å²) in [6.07, 6.45) is 5.41. The summed E-state index contributed by atoms with van der Waals surface area (Å²) in [5, 5.41) is 9.81. The maximum atomic E-state index is 13.4. The minimum absolute atomic E-state index is 0.0881. The molecule has 0 saturated heterocycles. The second kappa shape index (κ2) is 9.21. The van der Waals surface area contributed by atoms with E-state index in [0.717, 1.165) is 41.7 Å².